The van der Waals surface area contributed by atoms with E-state index in [1.54, 1.807) is 4.68 Å². The summed E-state index contributed by atoms with van der Waals surface area (Å²) in [7, 11) is 1.88. The molecule has 5 heteroatoms. The van der Waals surface area contributed by atoms with Gasteiger partial charge in [-0.15, -0.1) is 0 Å². The molecule has 1 amide bonds. The van der Waals surface area contributed by atoms with E-state index in [0.29, 0.717) is 0 Å². The molecule has 0 spiro atoms. The molecule has 0 unspecified atom stereocenters. The highest BCUT2D eigenvalue weighted by Crippen LogP contribution is 2.23. The number of nitrogens with zero attached hydrogens (tertiary/aromatic N) is 2. The Morgan fingerprint density at radius 1 is 1.38 bits per heavy atom. The lowest BCUT2D eigenvalue weighted by Gasteiger charge is -2.20. The van der Waals surface area contributed by atoms with Crippen LogP contribution in [0.5, 0.6) is 0 Å². The zero-order valence-corrected chi connectivity index (χ0v) is 12.7. The number of nitrogens with one attached hydrogen (secondary N) is 2. The molecule has 0 aliphatic carbocycles. The van der Waals surface area contributed by atoms with Crippen molar-refractivity contribution in [2.45, 2.75) is 26.8 Å². The van der Waals surface area contributed by atoms with E-state index in [1.807, 2.05) is 33.0 Å². The summed E-state index contributed by atoms with van der Waals surface area (Å²) in [5.41, 5.74) is 5.77. The fourth-order valence-corrected chi connectivity index (χ4v) is 2.88. The first-order valence-electron chi connectivity index (χ1n) is 7.21. The summed E-state index contributed by atoms with van der Waals surface area (Å²) < 4.78 is 1.79. The summed E-state index contributed by atoms with van der Waals surface area (Å²) >= 11 is 0. The van der Waals surface area contributed by atoms with Crippen LogP contribution in [0.2, 0.25) is 0 Å². The van der Waals surface area contributed by atoms with Crippen molar-refractivity contribution in [2.24, 2.45) is 7.05 Å². The molecule has 2 N–H and O–H groups in total. The maximum atomic E-state index is 12.6. The van der Waals surface area contributed by atoms with Crippen molar-refractivity contribution in [1.29, 1.82) is 0 Å². The number of amides is 1. The molecule has 2 heterocycles. The third kappa shape index (κ3) is 2.45. The Morgan fingerprint density at radius 2 is 2.19 bits per heavy atom. The van der Waals surface area contributed by atoms with Gasteiger partial charge in [-0.25, -0.2) is 0 Å². The Morgan fingerprint density at radius 3 is 2.90 bits per heavy atom. The maximum absolute atomic E-state index is 12.6. The fraction of sp³-hybridized carbons (Fsp3) is 0.375. The lowest BCUT2D eigenvalue weighted by atomic mass is 9.95. The number of rotatable bonds is 2. The zero-order chi connectivity index (χ0) is 15.0. The van der Waals surface area contributed by atoms with Crippen molar-refractivity contribution in [1.82, 2.24) is 15.1 Å². The molecule has 3 rings (SSSR count). The standard InChI is InChI=1S/C16H20N4O/c1-10-15(11(2)20(3)19-10)18-16(21)14-6-4-5-12-9-17-8-7-13(12)14/h4-6,17H,7-9H2,1-3H3,(H,18,21). The molecule has 5 nitrogen and oxygen atoms in total. The number of hydrogen-bond acceptors (Lipinski definition) is 3. The number of carbonyl (C=O) groups excluding carboxylic acids is 1. The molecule has 0 fully saturated rings. The molecule has 1 aromatic heterocycles. The second kappa shape index (κ2) is 5.33. The summed E-state index contributed by atoms with van der Waals surface area (Å²) in [4.78, 5) is 12.6. The fourth-order valence-electron chi connectivity index (χ4n) is 2.88. The average molecular weight is 284 g/mol. The normalized spacial score (nSPS) is 13.9. The van der Waals surface area contributed by atoms with Crippen molar-refractivity contribution in [3.63, 3.8) is 0 Å². The highest BCUT2D eigenvalue weighted by Gasteiger charge is 2.19. The van der Waals surface area contributed by atoms with E-state index in [-0.39, 0.29) is 5.91 Å². The molecular formula is C16H20N4O. The first-order chi connectivity index (χ1) is 10.1. The van der Waals surface area contributed by atoms with Crippen LogP contribution in [-0.2, 0) is 20.0 Å². The number of aromatic nitrogens is 2. The number of fused-ring (bicyclic) bond motifs is 1. The van der Waals surface area contributed by atoms with Crippen LogP contribution in [-0.4, -0.2) is 22.2 Å². The Hall–Kier alpha value is -2.14. The molecule has 0 atom stereocenters. The molecule has 110 valence electrons. The molecule has 1 aliphatic heterocycles. The van der Waals surface area contributed by atoms with Crippen molar-refractivity contribution in [3.8, 4) is 0 Å². The van der Waals surface area contributed by atoms with Gasteiger partial charge in [-0.2, -0.15) is 5.10 Å². The van der Waals surface area contributed by atoms with Crippen LogP contribution in [0.4, 0.5) is 5.69 Å². The van der Waals surface area contributed by atoms with E-state index in [2.05, 4.69) is 21.8 Å². The molecular weight excluding hydrogens is 264 g/mol. The third-order valence-corrected chi connectivity index (χ3v) is 4.13. The maximum Gasteiger partial charge on any atom is 0.256 e. The van der Waals surface area contributed by atoms with Crippen molar-refractivity contribution in [2.75, 3.05) is 11.9 Å². The van der Waals surface area contributed by atoms with Gasteiger partial charge in [-0.1, -0.05) is 12.1 Å². The van der Waals surface area contributed by atoms with Gasteiger partial charge < -0.3 is 10.6 Å². The largest absolute Gasteiger partial charge is 0.319 e. The van der Waals surface area contributed by atoms with E-state index in [9.17, 15) is 4.79 Å². The van der Waals surface area contributed by atoms with Gasteiger partial charge >= 0.3 is 0 Å². The summed E-state index contributed by atoms with van der Waals surface area (Å²) in [5.74, 6) is -0.0482. The Labute approximate surface area is 124 Å². The van der Waals surface area contributed by atoms with Gasteiger partial charge in [0, 0.05) is 19.2 Å². The van der Waals surface area contributed by atoms with Crippen LogP contribution < -0.4 is 10.6 Å². The van der Waals surface area contributed by atoms with Crippen molar-refractivity contribution < 1.29 is 4.79 Å². The summed E-state index contributed by atoms with van der Waals surface area (Å²) in [6.45, 7) is 5.62. The minimum Gasteiger partial charge on any atom is -0.319 e. The molecule has 0 radical (unpaired) electrons. The second-order valence-electron chi connectivity index (χ2n) is 5.49. The van der Waals surface area contributed by atoms with E-state index in [4.69, 9.17) is 0 Å². The Balaban J connectivity index is 1.93. The number of carbonyl (C=O) groups is 1. The lowest BCUT2D eigenvalue weighted by Crippen LogP contribution is -2.26. The average Bonchev–Trinajstić information content (AvgIpc) is 2.73. The van der Waals surface area contributed by atoms with Crippen LogP contribution in [0, 0.1) is 13.8 Å². The van der Waals surface area contributed by atoms with Gasteiger partial charge in [0.1, 0.15) is 0 Å². The van der Waals surface area contributed by atoms with Crippen LogP contribution in [0.3, 0.4) is 0 Å². The van der Waals surface area contributed by atoms with E-state index in [1.165, 1.54) is 5.56 Å². The highest BCUT2D eigenvalue weighted by molar-refractivity contribution is 6.06. The molecule has 21 heavy (non-hydrogen) atoms. The summed E-state index contributed by atoms with van der Waals surface area (Å²) in [5, 5.41) is 10.7. The number of aryl methyl sites for hydroxylation is 2. The Kier molecular flexibility index (Phi) is 3.51. The minimum atomic E-state index is -0.0482. The van der Waals surface area contributed by atoms with E-state index < -0.39 is 0 Å². The number of anilines is 1. The van der Waals surface area contributed by atoms with Gasteiger partial charge in [0.05, 0.1) is 17.1 Å². The highest BCUT2D eigenvalue weighted by atomic mass is 16.1. The minimum absolute atomic E-state index is 0.0482. The quantitative estimate of drug-likeness (QED) is 0.886. The third-order valence-electron chi connectivity index (χ3n) is 4.13. The van der Waals surface area contributed by atoms with Crippen LogP contribution in [0.1, 0.15) is 32.9 Å². The first-order valence-corrected chi connectivity index (χ1v) is 7.21. The van der Waals surface area contributed by atoms with Crippen LogP contribution in [0.15, 0.2) is 18.2 Å². The van der Waals surface area contributed by atoms with E-state index in [0.717, 1.165) is 47.7 Å². The summed E-state index contributed by atoms with van der Waals surface area (Å²) in [6.07, 6.45) is 0.893. The molecule has 1 aromatic carbocycles. The van der Waals surface area contributed by atoms with Gasteiger partial charge in [-0.3, -0.25) is 9.48 Å². The summed E-state index contributed by atoms with van der Waals surface area (Å²) in [6, 6.07) is 5.93. The number of benzene rings is 1. The predicted octanol–water partition coefficient (Wildman–Crippen LogP) is 1.93. The molecule has 0 bridgehead atoms. The Bertz CT molecular complexity index is 703. The predicted molar refractivity (Wildman–Crippen MR) is 82.5 cm³/mol. The molecule has 2 aromatic rings. The van der Waals surface area contributed by atoms with E-state index >= 15 is 0 Å². The van der Waals surface area contributed by atoms with Crippen molar-refractivity contribution in [3.05, 3.63) is 46.3 Å². The molecule has 0 saturated heterocycles. The van der Waals surface area contributed by atoms with Gasteiger partial charge in [0.25, 0.3) is 5.91 Å². The van der Waals surface area contributed by atoms with Gasteiger partial charge in [-0.05, 0) is 44.0 Å². The van der Waals surface area contributed by atoms with Gasteiger partial charge in [0.15, 0.2) is 0 Å². The smallest absolute Gasteiger partial charge is 0.256 e. The van der Waals surface area contributed by atoms with Crippen LogP contribution >= 0.6 is 0 Å². The first kappa shape index (κ1) is 13.8. The molecule has 0 saturated carbocycles. The number of hydrogen-bond donors (Lipinski definition) is 2. The molecule has 1 aliphatic rings. The van der Waals surface area contributed by atoms with Crippen LogP contribution in [0.25, 0.3) is 0 Å². The monoisotopic (exact) mass is 284 g/mol. The van der Waals surface area contributed by atoms with Crippen molar-refractivity contribution >= 4 is 11.6 Å². The topological polar surface area (TPSA) is 59.0 Å². The van der Waals surface area contributed by atoms with Gasteiger partial charge in [0.2, 0.25) is 0 Å². The lowest BCUT2D eigenvalue weighted by molar-refractivity contribution is 0.102. The zero-order valence-electron chi connectivity index (χ0n) is 12.7. The second-order valence-corrected chi connectivity index (χ2v) is 5.49. The SMILES string of the molecule is Cc1nn(C)c(C)c1NC(=O)c1cccc2c1CCNC2.